The molecule has 0 unspecified atom stereocenters. The van der Waals surface area contributed by atoms with Gasteiger partial charge >= 0.3 is 0 Å². The van der Waals surface area contributed by atoms with Gasteiger partial charge in [0.15, 0.2) is 0 Å². The molecule has 108 valence electrons. The molecule has 21 heavy (non-hydrogen) atoms. The molecule has 0 aliphatic carbocycles. The zero-order valence-electron chi connectivity index (χ0n) is 11.8. The van der Waals surface area contributed by atoms with Gasteiger partial charge in [0.1, 0.15) is 10.6 Å². The minimum atomic E-state index is 0.639. The molecule has 0 radical (unpaired) electrons. The molecule has 0 saturated carbocycles. The number of aryl methyl sites for hydroxylation is 1. The van der Waals surface area contributed by atoms with Crippen molar-refractivity contribution in [3.8, 4) is 0 Å². The van der Waals surface area contributed by atoms with E-state index in [2.05, 4.69) is 68.3 Å². The minimum Gasteiger partial charge on any atom is -0.357 e. The third-order valence-corrected chi connectivity index (χ3v) is 5.26. The highest BCUT2D eigenvalue weighted by molar-refractivity contribution is 14.1. The van der Waals surface area contributed by atoms with Crippen molar-refractivity contribution in [1.82, 2.24) is 9.97 Å². The lowest BCUT2D eigenvalue weighted by Gasteiger charge is -2.10. The number of halogens is 1. The summed E-state index contributed by atoms with van der Waals surface area (Å²) >= 11 is 4.05. The summed E-state index contributed by atoms with van der Waals surface area (Å²) < 4.78 is 1.17. The van der Waals surface area contributed by atoms with E-state index in [-0.39, 0.29) is 0 Å². The standard InChI is InChI=1S/C15H15IN4S/c1-3-9-8-10-13(18-12-7-5-4-6-11(12)16)19-15(17-2)20-14(10)21-9/h4-8H,3H2,1-2H3,(H2,17,18,19,20). The first-order valence-electron chi connectivity index (χ1n) is 6.71. The molecule has 2 N–H and O–H groups in total. The van der Waals surface area contributed by atoms with E-state index in [1.54, 1.807) is 11.3 Å². The average molecular weight is 410 g/mol. The highest BCUT2D eigenvalue weighted by Crippen LogP contribution is 2.32. The predicted octanol–water partition coefficient (Wildman–Crippen LogP) is 4.64. The van der Waals surface area contributed by atoms with Crippen LogP contribution >= 0.6 is 33.9 Å². The number of anilines is 3. The first-order valence-corrected chi connectivity index (χ1v) is 8.60. The maximum absolute atomic E-state index is 4.57. The van der Waals surface area contributed by atoms with E-state index in [1.807, 2.05) is 19.2 Å². The Kier molecular flexibility index (Phi) is 4.25. The molecule has 0 atom stereocenters. The van der Waals surface area contributed by atoms with Crippen molar-refractivity contribution in [3.63, 3.8) is 0 Å². The third-order valence-electron chi connectivity index (χ3n) is 3.14. The fourth-order valence-corrected chi connectivity index (χ4v) is 3.53. The lowest BCUT2D eigenvalue weighted by molar-refractivity contribution is 1.19. The molecule has 0 saturated heterocycles. The van der Waals surface area contributed by atoms with Gasteiger partial charge in [-0.3, -0.25) is 0 Å². The highest BCUT2D eigenvalue weighted by Gasteiger charge is 2.12. The molecular formula is C15H15IN4S. The van der Waals surface area contributed by atoms with Crippen molar-refractivity contribution in [2.45, 2.75) is 13.3 Å². The van der Waals surface area contributed by atoms with E-state index in [4.69, 9.17) is 0 Å². The molecule has 0 aliphatic heterocycles. The number of para-hydroxylation sites is 1. The zero-order valence-corrected chi connectivity index (χ0v) is 14.7. The quantitative estimate of drug-likeness (QED) is 0.616. The molecular weight excluding hydrogens is 395 g/mol. The highest BCUT2D eigenvalue weighted by atomic mass is 127. The van der Waals surface area contributed by atoms with Crippen LogP contribution in [0.1, 0.15) is 11.8 Å². The largest absolute Gasteiger partial charge is 0.357 e. The first-order chi connectivity index (χ1) is 10.2. The van der Waals surface area contributed by atoms with Gasteiger partial charge in [0.05, 0.1) is 11.1 Å². The average Bonchev–Trinajstić information content (AvgIpc) is 2.92. The summed E-state index contributed by atoms with van der Waals surface area (Å²) in [6.45, 7) is 2.16. The van der Waals surface area contributed by atoms with Crippen molar-refractivity contribution >= 4 is 61.6 Å². The number of rotatable bonds is 4. The van der Waals surface area contributed by atoms with Crippen LogP contribution in [-0.4, -0.2) is 17.0 Å². The molecule has 0 fully saturated rings. The molecule has 2 aromatic heterocycles. The van der Waals surface area contributed by atoms with E-state index >= 15 is 0 Å². The van der Waals surface area contributed by atoms with Crippen LogP contribution in [0.25, 0.3) is 10.2 Å². The molecule has 0 amide bonds. The number of nitrogens with zero attached hydrogens (tertiary/aromatic N) is 2. The van der Waals surface area contributed by atoms with Crippen LogP contribution in [0.3, 0.4) is 0 Å². The van der Waals surface area contributed by atoms with Gasteiger partial charge in [0.2, 0.25) is 5.95 Å². The van der Waals surface area contributed by atoms with Gasteiger partial charge in [-0.25, -0.2) is 4.98 Å². The van der Waals surface area contributed by atoms with E-state index in [0.717, 1.165) is 28.1 Å². The van der Waals surface area contributed by atoms with Crippen LogP contribution in [-0.2, 0) is 6.42 Å². The van der Waals surface area contributed by atoms with E-state index in [1.165, 1.54) is 8.45 Å². The summed E-state index contributed by atoms with van der Waals surface area (Å²) in [6, 6.07) is 10.4. The molecule has 1 aromatic carbocycles. The first kappa shape index (κ1) is 14.5. The molecule has 4 nitrogen and oxygen atoms in total. The summed E-state index contributed by atoms with van der Waals surface area (Å²) in [5.41, 5.74) is 1.06. The van der Waals surface area contributed by atoms with Crippen LogP contribution in [0, 0.1) is 3.57 Å². The Morgan fingerprint density at radius 1 is 1.24 bits per heavy atom. The maximum Gasteiger partial charge on any atom is 0.225 e. The predicted molar refractivity (Wildman–Crippen MR) is 98.8 cm³/mol. The summed E-state index contributed by atoms with van der Waals surface area (Å²) in [4.78, 5) is 11.4. The van der Waals surface area contributed by atoms with Crippen molar-refractivity contribution < 1.29 is 0 Å². The van der Waals surface area contributed by atoms with Crippen molar-refractivity contribution in [2.75, 3.05) is 17.7 Å². The van der Waals surface area contributed by atoms with Crippen LogP contribution < -0.4 is 10.6 Å². The Balaban J connectivity index is 2.11. The number of hydrogen-bond acceptors (Lipinski definition) is 5. The summed E-state index contributed by atoms with van der Waals surface area (Å²) in [7, 11) is 1.84. The molecule has 6 heteroatoms. The number of thiophene rings is 1. The van der Waals surface area contributed by atoms with E-state index in [9.17, 15) is 0 Å². The van der Waals surface area contributed by atoms with Crippen molar-refractivity contribution in [2.24, 2.45) is 0 Å². The number of aromatic nitrogens is 2. The lowest BCUT2D eigenvalue weighted by atomic mass is 10.3. The smallest absolute Gasteiger partial charge is 0.225 e. The molecule has 2 heterocycles. The summed E-state index contributed by atoms with van der Waals surface area (Å²) in [6.07, 6.45) is 1.01. The van der Waals surface area contributed by atoms with Crippen molar-refractivity contribution in [1.29, 1.82) is 0 Å². The monoisotopic (exact) mass is 410 g/mol. The molecule has 0 spiro atoms. The molecule has 3 aromatic rings. The SMILES string of the molecule is CCc1cc2c(Nc3ccccc3I)nc(NC)nc2s1. The van der Waals surface area contributed by atoms with Gasteiger partial charge < -0.3 is 10.6 Å². The molecule has 0 aliphatic rings. The van der Waals surface area contributed by atoms with Crippen LogP contribution in [0.2, 0.25) is 0 Å². The van der Waals surface area contributed by atoms with Crippen molar-refractivity contribution in [3.05, 3.63) is 38.8 Å². The third kappa shape index (κ3) is 2.96. The second-order valence-electron chi connectivity index (χ2n) is 4.54. The Morgan fingerprint density at radius 2 is 2.05 bits per heavy atom. The second kappa shape index (κ2) is 6.15. The van der Waals surface area contributed by atoms with Crippen LogP contribution in [0.4, 0.5) is 17.5 Å². The lowest BCUT2D eigenvalue weighted by Crippen LogP contribution is -2.01. The van der Waals surface area contributed by atoms with Gasteiger partial charge in [-0.05, 0) is 47.2 Å². The Hall–Kier alpha value is -1.41. The van der Waals surface area contributed by atoms with E-state index < -0.39 is 0 Å². The van der Waals surface area contributed by atoms with Crippen LogP contribution in [0.5, 0.6) is 0 Å². The van der Waals surface area contributed by atoms with E-state index in [0.29, 0.717) is 5.95 Å². The topological polar surface area (TPSA) is 49.8 Å². The Labute approximate surface area is 141 Å². The van der Waals surface area contributed by atoms with Gasteiger partial charge in [-0.2, -0.15) is 4.98 Å². The van der Waals surface area contributed by atoms with Gasteiger partial charge in [0.25, 0.3) is 0 Å². The van der Waals surface area contributed by atoms with Gasteiger partial charge in [-0.1, -0.05) is 19.1 Å². The normalized spacial score (nSPS) is 10.8. The van der Waals surface area contributed by atoms with Gasteiger partial charge in [-0.15, -0.1) is 11.3 Å². The minimum absolute atomic E-state index is 0.639. The fourth-order valence-electron chi connectivity index (χ4n) is 2.04. The Bertz CT molecular complexity index is 784. The zero-order chi connectivity index (χ0) is 14.8. The maximum atomic E-state index is 4.57. The number of hydrogen-bond donors (Lipinski definition) is 2. The molecule has 0 bridgehead atoms. The number of nitrogens with one attached hydrogen (secondary N) is 2. The fraction of sp³-hybridized carbons (Fsp3) is 0.200. The Morgan fingerprint density at radius 3 is 2.76 bits per heavy atom. The summed E-state index contributed by atoms with van der Waals surface area (Å²) in [5.74, 6) is 1.49. The number of fused-ring (bicyclic) bond motifs is 1. The second-order valence-corrected chi connectivity index (χ2v) is 6.81. The molecule has 3 rings (SSSR count). The van der Waals surface area contributed by atoms with Gasteiger partial charge in [0, 0.05) is 15.5 Å². The number of benzene rings is 1. The van der Waals surface area contributed by atoms with Crippen LogP contribution in [0.15, 0.2) is 30.3 Å². The summed E-state index contributed by atoms with van der Waals surface area (Å²) in [5, 5.41) is 7.54.